The number of hydrogen-bond acceptors (Lipinski definition) is 2. The summed E-state index contributed by atoms with van der Waals surface area (Å²) in [7, 11) is 0. The Morgan fingerprint density at radius 1 is 1.50 bits per heavy atom. The van der Waals surface area contributed by atoms with Crippen molar-refractivity contribution in [1.82, 2.24) is 0 Å². The molecule has 72 valence electrons. The van der Waals surface area contributed by atoms with E-state index >= 15 is 0 Å². The van der Waals surface area contributed by atoms with E-state index in [1.54, 1.807) is 6.07 Å². The second kappa shape index (κ2) is 3.14. The van der Waals surface area contributed by atoms with Crippen molar-refractivity contribution in [2.75, 3.05) is 0 Å². The highest BCUT2D eigenvalue weighted by molar-refractivity contribution is 5.80. The minimum absolute atomic E-state index is 0.173. The van der Waals surface area contributed by atoms with Crippen LogP contribution in [0.25, 0.3) is 11.0 Å². The molecular formula is C10H7FO3. The standard InChI is InChI=1S/C10H7FO3/c11-8-5-9-6(1-2-14-9)3-7(8)4-10(12)13/h1-3,5H,4H2,(H,12,13). The van der Waals surface area contributed by atoms with Crippen molar-refractivity contribution in [1.29, 1.82) is 0 Å². The highest BCUT2D eigenvalue weighted by Gasteiger charge is 2.09. The van der Waals surface area contributed by atoms with Gasteiger partial charge < -0.3 is 9.52 Å². The molecule has 0 radical (unpaired) electrons. The second-order valence-electron chi connectivity index (χ2n) is 2.97. The van der Waals surface area contributed by atoms with Crippen molar-refractivity contribution in [3.63, 3.8) is 0 Å². The molecule has 2 aromatic rings. The third-order valence-electron chi connectivity index (χ3n) is 1.96. The highest BCUT2D eigenvalue weighted by Crippen LogP contribution is 2.20. The maximum absolute atomic E-state index is 13.2. The van der Waals surface area contributed by atoms with E-state index in [4.69, 9.17) is 9.52 Å². The van der Waals surface area contributed by atoms with Gasteiger partial charge in [0.25, 0.3) is 0 Å². The summed E-state index contributed by atoms with van der Waals surface area (Å²) in [5.41, 5.74) is 0.600. The van der Waals surface area contributed by atoms with Crippen LogP contribution in [0.3, 0.4) is 0 Å². The first-order chi connectivity index (χ1) is 6.66. The van der Waals surface area contributed by atoms with Crippen LogP contribution in [0.15, 0.2) is 28.9 Å². The molecule has 2 rings (SSSR count). The van der Waals surface area contributed by atoms with Crippen LogP contribution < -0.4 is 0 Å². The lowest BCUT2D eigenvalue weighted by Crippen LogP contribution is -2.02. The topological polar surface area (TPSA) is 50.4 Å². The summed E-state index contributed by atoms with van der Waals surface area (Å²) < 4.78 is 18.2. The van der Waals surface area contributed by atoms with Crippen LogP contribution in [0.2, 0.25) is 0 Å². The summed E-state index contributed by atoms with van der Waals surface area (Å²) in [6.07, 6.45) is 1.13. The van der Waals surface area contributed by atoms with E-state index in [9.17, 15) is 9.18 Å². The third-order valence-corrected chi connectivity index (χ3v) is 1.96. The number of hydrogen-bond donors (Lipinski definition) is 1. The zero-order valence-electron chi connectivity index (χ0n) is 7.16. The largest absolute Gasteiger partial charge is 0.481 e. The van der Waals surface area contributed by atoms with Crippen LogP contribution in [0.1, 0.15) is 5.56 Å². The predicted octanol–water partition coefficient (Wildman–Crippen LogP) is 2.20. The highest BCUT2D eigenvalue weighted by atomic mass is 19.1. The molecule has 0 spiro atoms. The third kappa shape index (κ3) is 1.46. The minimum atomic E-state index is -1.05. The van der Waals surface area contributed by atoms with Gasteiger partial charge in [0.15, 0.2) is 0 Å². The molecule has 14 heavy (non-hydrogen) atoms. The molecule has 3 nitrogen and oxygen atoms in total. The first-order valence-electron chi connectivity index (χ1n) is 4.04. The van der Waals surface area contributed by atoms with Crippen LogP contribution in [-0.2, 0) is 11.2 Å². The number of fused-ring (bicyclic) bond motifs is 1. The average Bonchev–Trinajstić information content (AvgIpc) is 2.51. The fourth-order valence-electron chi connectivity index (χ4n) is 1.33. The smallest absolute Gasteiger partial charge is 0.307 e. The first-order valence-corrected chi connectivity index (χ1v) is 4.04. The summed E-state index contributed by atoms with van der Waals surface area (Å²) in [5, 5.41) is 9.23. The van der Waals surface area contributed by atoms with Gasteiger partial charge in [-0.15, -0.1) is 0 Å². The maximum Gasteiger partial charge on any atom is 0.307 e. The van der Waals surface area contributed by atoms with Crippen molar-refractivity contribution < 1.29 is 18.7 Å². The number of carboxylic acids is 1. The van der Waals surface area contributed by atoms with Crippen molar-refractivity contribution in [2.24, 2.45) is 0 Å². The van der Waals surface area contributed by atoms with Gasteiger partial charge in [-0.05, 0) is 17.7 Å². The van der Waals surface area contributed by atoms with Gasteiger partial charge >= 0.3 is 5.97 Å². The van der Waals surface area contributed by atoms with E-state index in [0.29, 0.717) is 11.0 Å². The van der Waals surface area contributed by atoms with Crippen molar-refractivity contribution in [3.8, 4) is 0 Å². The van der Waals surface area contributed by atoms with Gasteiger partial charge in [-0.1, -0.05) is 0 Å². The van der Waals surface area contributed by atoms with Gasteiger partial charge in [0.05, 0.1) is 12.7 Å². The molecular weight excluding hydrogens is 187 g/mol. The van der Waals surface area contributed by atoms with Gasteiger partial charge in [0.2, 0.25) is 0 Å². The molecule has 4 heteroatoms. The Hall–Kier alpha value is -1.84. The number of carboxylic acid groups (broad SMARTS) is 1. The number of furan rings is 1. The summed E-state index contributed by atoms with van der Waals surface area (Å²) in [5.74, 6) is -1.60. The Labute approximate surface area is 78.8 Å². The maximum atomic E-state index is 13.2. The Balaban J connectivity index is 2.53. The number of benzene rings is 1. The van der Waals surface area contributed by atoms with Gasteiger partial charge in [0.1, 0.15) is 11.4 Å². The molecule has 0 aliphatic rings. The quantitative estimate of drug-likeness (QED) is 0.797. The van der Waals surface area contributed by atoms with Gasteiger partial charge in [-0.25, -0.2) is 4.39 Å². The molecule has 0 atom stereocenters. The van der Waals surface area contributed by atoms with E-state index in [1.807, 2.05) is 0 Å². The number of aliphatic carboxylic acids is 1. The van der Waals surface area contributed by atoms with Crippen molar-refractivity contribution >= 4 is 16.9 Å². The predicted molar refractivity (Wildman–Crippen MR) is 47.5 cm³/mol. The Kier molecular flexibility index (Phi) is 1.96. The molecule has 0 saturated carbocycles. The molecule has 1 aromatic heterocycles. The molecule has 0 fully saturated rings. The molecule has 0 bridgehead atoms. The van der Waals surface area contributed by atoms with Gasteiger partial charge in [-0.2, -0.15) is 0 Å². The summed E-state index contributed by atoms with van der Waals surface area (Å²) >= 11 is 0. The first kappa shape index (κ1) is 8.74. The molecule has 0 amide bonds. The van der Waals surface area contributed by atoms with Crippen molar-refractivity contribution in [2.45, 2.75) is 6.42 Å². The van der Waals surface area contributed by atoms with Gasteiger partial charge in [0, 0.05) is 11.5 Å². The Morgan fingerprint density at radius 2 is 2.29 bits per heavy atom. The number of carbonyl (C=O) groups is 1. The lowest BCUT2D eigenvalue weighted by Gasteiger charge is -1.99. The van der Waals surface area contributed by atoms with E-state index < -0.39 is 11.8 Å². The van der Waals surface area contributed by atoms with Crippen LogP contribution in [-0.4, -0.2) is 11.1 Å². The lowest BCUT2D eigenvalue weighted by molar-refractivity contribution is -0.136. The van der Waals surface area contributed by atoms with Gasteiger partial charge in [-0.3, -0.25) is 4.79 Å². The normalized spacial score (nSPS) is 10.6. The lowest BCUT2D eigenvalue weighted by atomic mass is 10.1. The zero-order chi connectivity index (χ0) is 10.1. The number of rotatable bonds is 2. The van der Waals surface area contributed by atoms with Crippen LogP contribution in [0.5, 0.6) is 0 Å². The van der Waals surface area contributed by atoms with Crippen LogP contribution in [0, 0.1) is 5.82 Å². The van der Waals surface area contributed by atoms with E-state index in [-0.39, 0.29) is 12.0 Å². The van der Waals surface area contributed by atoms with Crippen LogP contribution in [0.4, 0.5) is 4.39 Å². The fraction of sp³-hybridized carbons (Fsp3) is 0.100. The molecule has 1 N–H and O–H groups in total. The van der Waals surface area contributed by atoms with E-state index in [2.05, 4.69) is 0 Å². The second-order valence-corrected chi connectivity index (χ2v) is 2.97. The molecule has 0 aliphatic heterocycles. The SMILES string of the molecule is O=C(O)Cc1cc2ccoc2cc1F. The summed E-state index contributed by atoms with van der Waals surface area (Å²) in [6, 6.07) is 4.36. The fourth-order valence-corrected chi connectivity index (χ4v) is 1.33. The average molecular weight is 194 g/mol. The van der Waals surface area contributed by atoms with E-state index in [0.717, 1.165) is 0 Å². The molecule has 1 heterocycles. The molecule has 0 aliphatic carbocycles. The number of halogens is 1. The van der Waals surface area contributed by atoms with Crippen LogP contribution >= 0.6 is 0 Å². The molecule has 0 unspecified atom stereocenters. The molecule has 0 saturated heterocycles. The minimum Gasteiger partial charge on any atom is -0.481 e. The Bertz CT molecular complexity index is 487. The van der Waals surface area contributed by atoms with Crippen molar-refractivity contribution in [3.05, 3.63) is 35.8 Å². The van der Waals surface area contributed by atoms with E-state index in [1.165, 1.54) is 18.4 Å². The molecule has 1 aromatic carbocycles. The zero-order valence-corrected chi connectivity index (χ0v) is 7.16. The summed E-state index contributed by atoms with van der Waals surface area (Å²) in [6.45, 7) is 0. The Morgan fingerprint density at radius 3 is 3.00 bits per heavy atom. The summed E-state index contributed by atoms with van der Waals surface area (Å²) in [4.78, 5) is 10.4. The monoisotopic (exact) mass is 194 g/mol.